The van der Waals surface area contributed by atoms with Gasteiger partial charge in [-0.2, -0.15) is 13.9 Å². The standard InChI is InChI=1S/C18H20F2N4O/c1-8(2)24-14(18-10-3-4-11(18)15(10)18)6-12(23-24)9-5-13(25-17(19)20)16(21)22-7-9/h5-8,10-11,15,17H,3-4H2,1-2H3,(H2,21,22)/t10-,11?,15?,18?/m0/s1. The Balaban J connectivity index is 1.55. The van der Waals surface area contributed by atoms with Gasteiger partial charge in [0.1, 0.15) is 0 Å². The average molecular weight is 346 g/mol. The molecule has 2 bridgehead atoms. The van der Waals surface area contributed by atoms with Gasteiger partial charge in [-0.3, -0.25) is 4.68 Å². The Morgan fingerprint density at radius 3 is 2.60 bits per heavy atom. The number of nitrogens with two attached hydrogens (primary N) is 1. The van der Waals surface area contributed by atoms with Crippen molar-refractivity contribution in [1.82, 2.24) is 14.8 Å². The zero-order chi connectivity index (χ0) is 17.5. The first-order valence-corrected chi connectivity index (χ1v) is 8.75. The molecule has 25 heavy (non-hydrogen) atoms. The number of hydrogen-bond acceptors (Lipinski definition) is 4. The highest BCUT2D eigenvalue weighted by Gasteiger charge is 2.90. The summed E-state index contributed by atoms with van der Waals surface area (Å²) in [6.45, 7) is 1.30. The van der Waals surface area contributed by atoms with Crippen LogP contribution in [0.3, 0.4) is 0 Å². The number of halogens is 2. The fourth-order valence-electron chi connectivity index (χ4n) is 5.25. The molecule has 3 unspecified atom stereocenters. The maximum atomic E-state index is 12.5. The van der Waals surface area contributed by atoms with E-state index in [9.17, 15) is 8.78 Å². The predicted molar refractivity (Wildman–Crippen MR) is 88.3 cm³/mol. The minimum atomic E-state index is -2.93. The predicted octanol–water partition coefficient (Wildman–Crippen LogP) is 3.62. The summed E-state index contributed by atoms with van der Waals surface area (Å²) in [6.07, 6.45) is 4.21. The topological polar surface area (TPSA) is 66.0 Å². The maximum Gasteiger partial charge on any atom is 0.387 e. The van der Waals surface area contributed by atoms with E-state index in [4.69, 9.17) is 10.8 Å². The van der Waals surface area contributed by atoms with E-state index in [-0.39, 0.29) is 17.6 Å². The highest BCUT2D eigenvalue weighted by Crippen LogP contribution is 2.91. The quantitative estimate of drug-likeness (QED) is 0.898. The normalized spacial score (nSPS) is 31.5. The number of aromatic nitrogens is 3. The van der Waals surface area contributed by atoms with E-state index < -0.39 is 6.61 Å². The van der Waals surface area contributed by atoms with Crippen molar-refractivity contribution in [2.24, 2.45) is 17.8 Å². The molecule has 132 valence electrons. The third-order valence-electron chi connectivity index (χ3n) is 6.28. The van der Waals surface area contributed by atoms with Crippen LogP contribution in [0.5, 0.6) is 5.75 Å². The van der Waals surface area contributed by atoms with Crippen LogP contribution in [0.2, 0.25) is 0 Å². The lowest BCUT2D eigenvalue weighted by atomic mass is 10.0. The molecule has 2 heterocycles. The van der Waals surface area contributed by atoms with Gasteiger partial charge in [-0.15, -0.1) is 0 Å². The molecule has 0 amide bonds. The number of anilines is 1. The van der Waals surface area contributed by atoms with Crippen LogP contribution in [0.15, 0.2) is 18.3 Å². The Bertz CT molecular complexity index is 841. The van der Waals surface area contributed by atoms with Gasteiger partial charge in [-0.25, -0.2) is 4.98 Å². The van der Waals surface area contributed by atoms with E-state index in [1.54, 1.807) is 6.20 Å². The third kappa shape index (κ3) is 1.86. The highest BCUT2D eigenvalue weighted by molar-refractivity contribution is 5.66. The van der Waals surface area contributed by atoms with E-state index in [0.717, 1.165) is 23.4 Å². The van der Waals surface area contributed by atoms with E-state index in [2.05, 4.69) is 34.3 Å². The minimum Gasteiger partial charge on any atom is -0.431 e. The lowest BCUT2D eigenvalue weighted by molar-refractivity contribution is -0.0494. The summed E-state index contributed by atoms with van der Waals surface area (Å²) in [6, 6.07) is 3.85. The SMILES string of the molecule is CC(C)n1nc(-c2cnc(N)c(OC(F)F)c2)cc1C12C3CC[C@H]1C32. The summed E-state index contributed by atoms with van der Waals surface area (Å²) in [7, 11) is 0. The van der Waals surface area contributed by atoms with Gasteiger partial charge in [0.2, 0.25) is 0 Å². The second-order valence-electron chi connectivity index (χ2n) is 7.69. The third-order valence-corrected chi connectivity index (χ3v) is 6.28. The molecular weight excluding hydrogens is 326 g/mol. The van der Waals surface area contributed by atoms with Crippen molar-refractivity contribution in [2.45, 2.75) is 44.8 Å². The van der Waals surface area contributed by atoms with Crippen LogP contribution in [0.25, 0.3) is 11.3 Å². The van der Waals surface area contributed by atoms with E-state index in [0.29, 0.717) is 11.0 Å². The molecule has 2 aromatic heterocycles. The van der Waals surface area contributed by atoms with Crippen LogP contribution < -0.4 is 10.5 Å². The molecule has 2 N–H and O–H groups in total. The van der Waals surface area contributed by atoms with Gasteiger partial charge in [0, 0.05) is 28.9 Å². The summed E-state index contributed by atoms with van der Waals surface area (Å²) in [5.74, 6) is 2.33. The van der Waals surface area contributed by atoms with Crippen LogP contribution in [0, 0.1) is 17.8 Å². The van der Waals surface area contributed by atoms with Crippen molar-refractivity contribution in [3.05, 3.63) is 24.0 Å². The number of pyridine rings is 1. The second-order valence-corrected chi connectivity index (χ2v) is 7.69. The maximum absolute atomic E-state index is 12.5. The van der Waals surface area contributed by atoms with E-state index in [1.165, 1.54) is 24.6 Å². The van der Waals surface area contributed by atoms with Crippen molar-refractivity contribution in [3.8, 4) is 17.0 Å². The van der Waals surface area contributed by atoms with E-state index in [1.807, 2.05) is 0 Å². The molecule has 4 aliphatic rings. The van der Waals surface area contributed by atoms with Gasteiger partial charge < -0.3 is 10.5 Å². The second kappa shape index (κ2) is 4.71. The molecule has 6 rings (SSSR count). The Morgan fingerprint density at radius 2 is 2.00 bits per heavy atom. The van der Waals surface area contributed by atoms with Crippen LogP contribution >= 0.6 is 0 Å². The minimum absolute atomic E-state index is 0.0475. The van der Waals surface area contributed by atoms with Gasteiger partial charge in [-0.1, -0.05) is 0 Å². The number of ether oxygens (including phenoxy) is 1. The van der Waals surface area contributed by atoms with Crippen molar-refractivity contribution in [1.29, 1.82) is 0 Å². The van der Waals surface area contributed by atoms with Crippen molar-refractivity contribution < 1.29 is 13.5 Å². The number of nitrogen functional groups attached to an aromatic ring is 1. The number of hydrogen-bond donors (Lipinski definition) is 1. The van der Waals surface area contributed by atoms with Crippen LogP contribution in [-0.4, -0.2) is 21.4 Å². The summed E-state index contributed by atoms with van der Waals surface area (Å²) in [5, 5.41) is 4.75. The van der Waals surface area contributed by atoms with Crippen molar-refractivity contribution in [3.63, 3.8) is 0 Å². The monoisotopic (exact) mass is 346 g/mol. The smallest absolute Gasteiger partial charge is 0.387 e. The van der Waals surface area contributed by atoms with Crippen molar-refractivity contribution >= 4 is 5.82 Å². The summed E-state index contributed by atoms with van der Waals surface area (Å²) >= 11 is 0. The number of nitrogens with zero attached hydrogens (tertiary/aromatic N) is 3. The van der Waals surface area contributed by atoms with Crippen LogP contribution in [0.1, 0.15) is 38.4 Å². The van der Waals surface area contributed by atoms with Gasteiger partial charge in [-0.05, 0) is 56.6 Å². The first-order valence-electron chi connectivity index (χ1n) is 8.75. The lowest BCUT2D eigenvalue weighted by Crippen LogP contribution is -2.14. The molecule has 0 radical (unpaired) electrons. The summed E-state index contributed by atoms with van der Waals surface area (Å²) < 4.78 is 31.7. The Hall–Kier alpha value is -2.18. The Morgan fingerprint density at radius 1 is 1.28 bits per heavy atom. The highest BCUT2D eigenvalue weighted by atomic mass is 19.3. The molecule has 0 spiro atoms. The molecule has 4 aliphatic carbocycles. The fraction of sp³-hybridized carbons (Fsp3) is 0.556. The zero-order valence-corrected chi connectivity index (χ0v) is 14.1. The molecular formula is C18H20F2N4O. The molecule has 4 saturated carbocycles. The molecule has 2 aromatic rings. The molecule has 0 saturated heterocycles. The summed E-state index contributed by atoms with van der Waals surface area (Å²) in [4.78, 5) is 3.99. The van der Waals surface area contributed by atoms with E-state index >= 15 is 0 Å². The van der Waals surface area contributed by atoms with Gasteiger partial charge >= 0.3 is 6.61 Å². The largest absolute Gasteiger partial charge is 0.431 e. The number of alkyl halides is 2. The first-order chi connectivity index (χ1) is 11.9. The number of rotatable bonds is 5. The first kappa shape index (κ1) is 15.1. The van der Waals surface area contributed by atoms with Crippen molar-refractivity contribution in [2.75, 3.05) is 5.73 Å². The Kier molecular flexibility index (Phi) is 2.84. The summed E-state index contributed by atoms with van der Waals surface area (Å²) in [5.41, 5.74) is 8.66. The zero-order valence-electron chi connectivity index (χ0n) is 14.1. The van der Waals surface area contributed by atoms with Gasteiger partial charge in [0.05, 0.1) is 5.69 Å². The molecule has 4 fully saturated rings. The van der Waals surface area contributed by atoms with Gasteiger partial charge in [0.15, 0.2) is 11.6 Å². The lowest BCUT2D eigenvalue weighted by Gasteiger charge is -2.14. The molecule has 7 heteroatoms. The average Bonchev–Trinajstić information content (AvgIpc) is 3.09. The fourth-order valence-corrected chi connectivity index (χ4v) is 5.25. The molecule has 0 aliphatic heterocycles. The van der Waals surface area contributed by atoms with Gasteiger partial charge in [0.25, 0.3) is 0 Å². The van der Waals surface area contributed by atoms with Crippen LogP contribution in [-0.2, 0) is 5.41 Å². The molecule has 5 nitrogen and oxygen atoms in total. The number of fused-ring (bicyclic) bond motifs is 1. The Labute approximate surface area is 144 Å². The molecule has 4 atom stereocenters. The molecule has 0 aromatic carbocycles. The van der Waals surface area contributed by atoms with Crippen LogP contribution in [0.4, 0.5) is 14.6 Å².